The summed E-state index contributed by atoms with van der Waals surface area (Å²) in [5.41, 5.74) is 7.66. The molecular weight excluding hydrogens is 496 g/mol. The number of aryl methyl sites for hydroxylation is 1. The zero-order chi connectivity index (χ0) is 28.0. The Bertz CT molecular complexity index is 1790. The highest BCUT2D eigenvalue weighted by molar-refractivity contribution is 6.12. The van der Waals surface area contributed by atoms with E-state index in [2.05, 4.69) is 65.6 Å². The van der Waals surface area contributed by atoms with Crippen LogP contribution in [-0.2, 0) is 17.3 Å². The third-order valence-electron chi connectivity index (χ3n) is 8.11. The lowest BCUT2D eigenvalue weighted by molar-refractivity contribution is -0.129. The zero-order valence-electron chi connectivity index (χ0n) is 23.3. The van der Waals surface area contributed by atoms with Crippen molar-refractivity contribution in [1.29, 1.82) is 5.26 Å². The zero-order valence-corrected chi connectivity index (χ0v) is 23.3. The summed E-state index contributed by atoms with van der Waals surface area (Å²) >= 11 is 0. The minimum atomic E-state index is -0.550. The Kier molecular flexibility index (Phi) is 6.26. The number of hydrogen-bond acceptors (Lipinski definition) is 5. The Morgan fingerprint density at radius 1 is 0.925 bits per heavy atom. The minimum absolute atomic E-state index is 0.140. The van der Waals surface area contributed by atoms with Crippen molar-refractivity contribution < 1.29 is 4.79 Å². The number of anilines is 1. The number of benzene rings is 3. The predicted molar refractivity (Wildman–Crippen MR) is 160 cm³/mol. The Balaban J connectivity index is 1.41. The summed E-state index contributed by atoms with van der Waals surface area (Å²) in [5, 5.41) is 16.6. The van der Waals surface area contributed by atoms with Crippen LogP contribution in [0.25, 0.3) is 44.2 Å². The number of fused-ring (bicyclic) bond motifs is 3. The second-order valence-electron chi connectivity index (χ2n) is 11.1. The number of nitriles is 1. The Hall–Kier alpha value is -4.70. The molecular formula is C33H32N6O. The normalized spacial score (nSPS) is 14.1. The second kappa shape index (κ2) is 9.80. The van der Waals surface area contributed by atoms with Crippen molar-refractivity contribution in [2.45, 2.75) is 26.2 Å². The summed E-state index contributed by atoms with van der Waals surface area (Å²) in [6.45, 7) is 8.65. The smallest absolute Gasteiger partial charge is 0.219 e. The Labute approximate surface area is 234 Å². The van der Waals surface area contributed by atoms with Gasteiger partial charge in [0, 0.05) is 62.2 Å². The summed E-state index contributed by atoms with van der Waals surface area (Å²) in [7, 11) is 1.95. The van der Waals surface area contributed by atoms with E-state index in [0.29, 0.717) is 0 Å². The van der Waals surface area contributed by atoms with E-state index >= 15 is 0 Å². The predicted octanol–water partition coefficient (Wildman–Crippen LogP) is 5.93. The van der Waals surface area contributed by atoms with Gasteiger partial charge in [-0.1, -0.05) is 42.5 Å². The second-order valence-corrected chi connectivity index (χ2v) is 11.1. The molecule has 0 N–H and O–H groups in total. The lowest BCUT2D eigenvalue weighted by atomic mass is 9.86. The molecule has 0 aliphatic carbocycles. The van der Waals surface area contributed by atoms with Crippen LogP contribution in [0.2, 0.25) is 0 Å². The lowest BCUT2D eigenvalue weighted by Gasteiger charge is -2.35. The third-order valence-corrected chi connectivity index (χ3v) is 8.11. The van der Waals surface area contributed by atoms with Gasteiger partial charge in [-0.25, -0.2) is 0 Å². The molecule has 40 heavy (non-hydrogen) atoms. The first-order chi connectivity index (χ1) is 19.2. The molecule has 200 valence electrons. The van der Waals surface area contributed by atoms with Gasteiger partial charge in [0.15, 0.2) is 0 Å². The highest BCUT2D eigenvalue weighted by atomic mass is 16.2. The van der Waals surface area contributed by atoms with Crippen LogP contribution in [-0.4, -0.2) is 51.8 Å². The molecule has 7 heteroatoms. The van der Waals surface area contributed by atoms with E-state index in [9.17, 15) is 10.1 Å². The van der Waals surface area contributed by atoms with E-state index in [1.54, 1.807) is 6.92 Å². The molecule has 1 aliphatic rings. The van der Waals surface area contributed by atoms with Crippen LogP contribution in [0, 0.1) is 11.3 Å². The number of piperazine rings is 1. The molecule has 1 amide bonds. The quantitative estimate of drug-likeness (QED) is 0.289. The van der Waals surface area contributed by atoms with Crippen LogP contribution in [0.1, 0.15) is 26.3 Å². The SMILES string of the molecule is CC(=O)N1CCN(c2cccc(-c3ccc4ncc5c(c(-c6ccc(C(C)(C)C#N)cc6)nn5C)c4c3)c2)CC1. The molecule has 3 aromatic carbocycles. The maximum atomic E-state index is 11.7. The maximum absolute atomic E-state index is 11.7. The van der Waals surface area contributed by atoms with E-state index in [4.69, 9.17) is 10.1 Å². The Morgan fingerprint density at radius 3 is 2.33 bits per heavy atom. The Morgan fingerprint density at radius 2 is 1.62 bits per heavy atom. The maximum Gasteiger partial charge on any atom is 0.219 e. The summed E-state index contributed by atoms with van der Waals surface area (Å²) in [5.74, 6) is 0.140. The van der Waals surface area contributed by atoms with Crippen molar-refractivity contribution in [3.8, 4) is 28.5 Å². The highest BCUT2D eigenvalue weighted by Gasteiger charge is 2.22. The fraction of sp³-hybridized carbons (Fsp3) is 0.273. The molecule has 7 nitrogen and oxygen atoms in total. The number of aromatic nitrogens is 3. The van der Waals surface area contributed by atoms with Crippen LogP contribution in [0.4, 0.5) is 5.69 Å². The number of rotatable bonds is 4. The van der Waals surface area contributed by atoms with Crippen LogP contribution in [0.15, 0.2) is 72.9 Å². The highest BCUT2D eigenvalue weighted by Crippen LogP contribution is 2.36. The molecule has 0 unspecified atom stereocenters. The number of carbonyl (C=O) groups excluding carboxylic acids is 1. The van der Waals surface area contributed by atoms with Gasteiger partial charge in [-0.2, -0.15) is 10.4 Å². The van der Waals surface area contributed by atoms with Crippen molar-refractivity contribution in [2.75, 3.05) is 31.1 Å². The van der Waals surface area contributed by atoms with Crippen molar-refractivity contribution in [3.63, 3.8) is 0 Å². The average molecular weight is 529 g/mol. The van der Waals surface area contributed by atoms with Gasteiger partial charge in [-0.3, -0.25) is 14.5 Å². The molecule has 1 saturated heterocycles. The topological polar surface area (TPSA) is 78.1 Å². The summed E-state index contributed by atoms with van der Waals surface area (Å²) in [4.78, 5) is 20.7. The van der Waals surface area contributed by atoms with E-state index in [1.165, 1.54) is 5.69 Å². The molecule has 0 saturated carbocycles. The van der Waals surface area contributed by atoms with Crippen LogP contribution >= 0.6 is 0 Å². The molecule has 0 radical (unpaired) electrons. The molecule has 0 bridgehead atoms. The van der Waals surface area contributed by atoms with Gasteiger partial charge in [0.25, 0.3) is 0 Å². The van der Waals surface area contributed by atoms with Crippen molar-refractivity contribution in [2.24, 2.45) is 7.05 Å². The van der Waals surface area contributed by atoms with Crippen LogP contribution in [0.3, 0.4) is 0 Å². The number of amides is 1. The van der Waals surface area contributed by atoms with E-state index in [-0.39, 0.29) is 5.91 Å². The first kappa shape index (κ1) is 25.6. The molecule has 5 aromatic rings. The minimum Gasteiger partial charge on any atom is -0.368 e. The summed E-state index contributed by atoms with van der Waals surface area (Å²) < 4.78 is 1.89. The van der Waals surface area contributed by atoms with Crippen LogP contribution in [0.5, 0.6) is 0 Å². The number of pyridine rings is 1. The van der Waals surface area contributed by atoms with E-state index in [0.717, 1.165) is 75.9 Å². The van der Waals surface area contributed by atoms with Gasteiger partial charge < -0.3 is 9.80 Å². The number of carbonyl (C=O) groups is 1. The van der Waals surface area contributed by atoms with E-state index < -0.39 is 5.41 Å². The monoisotopic (exact) mass is 528 g/mol. The van der Waals surface area contributed by atoms with Crippen molar-refractivity contribution in [1.82, 2.24) is 19.7 Å². The van der Waals surface area contributed by atoms with Gasteiger partial charge in [-0.15, -0.1) is 0 Å². The fourth-order valence-corrected chi connectivity index (χ4v) is 5.58. The average Bonchev–Trinajstić information content (AvgIpc) is 3.33. The molecule has 6 rings (SSSR count). The van der Waals surface area contributed by atoms with Crippen molar-refractivity contribution >= 4 is 33.4 Å². The molecule has 3 heterocycles. The van der Waals surface area contributed by atoms with Gasteiger partial charge in [0.05, 0.1) is 28.7 Å². The molecule has 0 atom stereocenters. The fourth-order valence-electron chi connectivity index (χ4n) is 5.58. The molecule has 2 aromatic heterocycles. The standard InChI is InChI=1S/C33H32N6O/c1-22(40)38-14-16-39(17-15-38)27-7-5-6-24(18-27)25-10-13-29-28(19-25)31-30(20-35-29)37(4)36-32(31)23-8-11-26(12-9-23)33(2,3)21-34/h5-13,18-20H,14-17H2,1-4H3. The summed E-state index contributed by atoms with van der Waals surface area (Å²) in [6.07, 6.45) is 1.89. The largest absolute Gasteiger partial charge is 0.368 e. The number of hydrogen-bond donors (Lipinski definition) is 0. The molecule has 1 fully saturated rings. The van der Waals surface area contributed by atoms with Gasteiger partial charge in [-0.05, 0) is 54.8 Å². The van der Waals surface area contributed by atoms with E-state index in [1.807, 2.05) is 48.8 Å². The number of nitrogens with zero attached hydrogens (tertiary/aromatic N) is 6. The first-order valence-electron chi connectivity index (χ1n) is 13.6. The molecule has 1 aliphatic heterocycles. The third kappa shape index (κ3) is 4.46. The lowest BCUT2D eigenvalue weighted by Crippen LogP contribution is -2.48. The summed E-state index contributed by atoms with van der Waals surface area (Å²) in [6, 6.07) is 25.6. The molecule has 0 spiro atoms. The van der Waals surface area contributed by atoms with Crippen molar-refractivity contribution in [3.05, 3.63) is 78.5 Å². The van der Waals surface area contributed by atoms with Gasteiger partial charge in [0.2, 0.25) is 5.91 Å². The van der Waals surface area contributed by atoms with Gasteiger partial charge >= 0.3 is 0 Å². The van der Waals surface area contributed by atoms with Crippen LogP contribution < -0.4 is 4.90 Å². The first-order valence-corrected chi connectivity index (χ1v) is 13.6. The van der Waals surface area contributed by atoms with Gasteiger partial charge in [0.1, 0.15) is 5.69 Å².